The average molecular weight is 199 g/mol. The molecule has 0 N–H and O–H groups in total. The molecule has 1 aliphatic carbocycles. The Balaban J connectivity index is 2.20. The zero-order chi connectivity index (χ0) is 10.7. The number of hydrogen-bond acceptors (Lipinski definition) is 1. The van der Waals surface area contributed by atoms with Gasteiger partial charge in [-0.2, -0.15) is 0 Å². The summed E-state index contributed by atoms with van der Waals surface area (Å²) in [7, 11) is 4.19. The molecule has 0 atom stereocenters. The van der Waals surface area contributed by atoms with Crippen molar-refractivity contribution >= 4 is 5.69 Å². The van der Waals surface area contributed by atoms with Gasteiger partial charge in [-0.05, 0) is 24.5 Å². The molecule has 0 aromatic heterocycles. The van der Waals surface area contributed by atoms with Crippen molar-refractivity contribution in [3.63, 3.8) is 0 Å². The van der Waals surface area contributed by atoms with Crippen LogP contribution in [0.5, 0.6) is 0 Å². The monoisotopic (exact) mass is 199 g/mol. The van der Waals surface area contributed by atoms with Gasteiger partial charge in [-0.1, -0.05) is 42.0 Å². The highest BCUT2D eigenvalue weighted by Gasteiger charge is 2.06. The van der Waals surface area contributed by atoms with E-state index in [9.17, 15) is 0 Å². The van der Waals surface area contributed by atoms with Gasteiger partial charge in [-0.3, -0.25) is 0 Å². The molecule has 1 aromatic rings. The molecule has 0 fully saturated rings. The van der Waals surface area contributed by atoms with Crippen LogP contribution in [0.25, 0.3) is 0 Å². The third kappa shape index (κ3) is 2.30. The van der Waals surface area contributed by atoms with Gasteiger partial charge in [0, 0.05) is 19.8 Å². The quantitative estimate of drug-likeness (QED) is 0.722. The fourth-order valence-corrected chi connectivity index (χ4v) is 1.96. The van der Waals surface area contributed by atoms with Crippen LogP contribution in [-0.4, -0.2) is 14.1 Å². The topological polar surface area (TPSA) is 3.24 Å². The molecule has 0 spiro atoms. The number of para-hydroxylation sites is 1. The van der Waals surface area contributed by atoms with Crippen molar-refractivity contribution < 1.29 is 0 Å². The van der Waals surface area contributed by atoms with E-state index in [0.29, 0.717) is 0 Å². The molecular weight excluding hydrogens is 182 g/mol. The van der Waals surface area contributed by atoms with Crippen molar-refractivity contribution in [1.29, 1.82) is 0 Å². The molecule has 78 valence electrons. The summed E-state index contributed by atoms with van der Waals surface area (Å²) in [5.41, 5.74) is 4.24. The summed E-state index contributed by atoms with van der Waals surface area (Å²) in [6, 6.07) is 8.61. The Bertz CT molecular complexity index is 400. The second-order valence-electron chi connectivity index (χ2n) is 4.16. The summed E-state index contributed by atoms with van der Waals surface area (Å²) in [6.07, 6.45) is 8.77. The van der Waals surface area contributed by atoms with Crippen LogP contribution in [0.2, 0.25) is 0 Å². The second-order valence-corrected chi connectivity index (χ2v) is 4.16. The third-order valence-corrected chi connectivity index (χ3v) is 2.74. The van der Waals surface area contributed by atoms with Crippen LogP contribution >= 0.6 is 0 Å². The Morgan fingerprint density at radius 2 is 2.00 bits per heavy atom. The van der Waals surface area contributed by atoms with Crippen molar-refractivity contribution in [2.75, 3.05) is 19.0 Å². The van der Waals surface area contributed by atoms with Crippen molar-refractivity contribution in [2.24, 2.45) is 0 Å². The standard InChI is InChI=1S/C14H17N/c1-15(2)14-10-6-5-9-13(14)11-12-7-3-4-8-12/h3-7,9-10H,8,11H2,1-2H3. The zero-order valence-electron chi connectivity index (χ0n) is 9.40. The fourth-order valence-electron chi connectivity index (χ4n) is 1.96. The Morgan fingerprint density at radius 3 is 2.67 bits per heavy atom. The number of rotatable bonds is 3. The molecule has 1 aliphatic rings. The minimum Gasteiger partial charge on any atom is -0.377 e. The van der Waals surface area contributed by atoms with Crippen LogP contribution in [0.3, 0.4) is 0 Å². The fraction of sp³-hybridized carbons (Fsp3) is 0.286. The molecule has 0 heterocycles. The normalized spacial score (nSPS) is 14.1. The maximum Gasteiger partial charge on any atom is 0.0396 e. The zero-order valence-corrected chi connectivity index (χ0v) is 9.40. The number of benzene rings is 1. The number of allylic oxidation sites excluding steroid dienone is 4. The lowest BCUT2D eigenvalue weighted by molar-refractivity contribution is 1.04. The predicted molar refractivity (Wildman–Crippen MR) is 66.3 cm³/mol. The summed E-state index contributed by atoms with van der Waals surface area (Å²) in [4.78, 5) is 2.18. The largest absolute Gasteiger partial charge is 0.377 e. The smallest absolute Gasteiger partial charge is 0.0396 e. The van der Waals surface area contributed by atoms with E-state index in [0.717, 1.165) is 12.8 Å². The third-order valence-electron chi connectivity index (χ3n) is 2.74. The molecule has 0 saturated heterocycles. The van der Waals surface area contributed by atoms with Gasteiger partial charge >= 0.3 is 0 Å². The molecule has 1 aromatic carbocycles. The first-order chi connectivity index (χ1) is 7.27. The molecule has 2 rings (SSSR count). The van der Waals surface area contributed by atoms with Crippen LogP contribution < -0.4 is 4.90 Å². The van der Waals surface area contributed by atoms with Crippen molar-refractivity contribution in [3.05, 3.63) is 53.6 Å². The van der Waals surface area contributed by atoms with Gasteiger partial charge in [-0.25, -0.2) is 0 Å². The lowest BCUT2D eigenvalue weighted by atomic mass is 10.0. The molecule has 1 heteroatoms. The lowest BCUT2D eigenvalue weighted by Gasteiger charge is -2.17. The van der Waals surface area contributed by atoms with E-state index in [-0.39, 0.29) is 0 Å². The van der Waals surface area contributed by atoms with Gasteiger partial charge in [0.2, 0.25) is 0 Å². The first kappa shape index (κ1) is 10.0. The lowest BCUT2D eigenvalue weighted by Crippen LogP contribution is -2.11. The predicted octanol–water partition coefficient (Wildman–Crippen LogP) is 3.18. The SMILES string of the molecule is CN(C)c1ccccc1CC1=CC=CC1. The van der Waals surface area contributed by atoms with Gasteiger partial charge in [0.05, 0.1) is 0 Å². The van der Waals surface area contributed by atoms with Crippen LogP contribution in [0.1, 0.15) is 12.0 Å². The van der Waals surface area contributed by atoms with E-state index >= 15 is 0 Å². The highest BCUT2D eigenvalue weighted by Crippen LogP contribution is 2.23. The number of anilines is 1. The Labute approximate surface area is 91.7 Å². The maximum absolute atomic E-state index is 2.23. The Hall–Kier alpha value is -1.50. The molecule has 0 saturated carbocycles. The summed E-state index contributed by atoms with van der Waals surface area (Å²) < 4.78 is 0. The molecule has 0 radical (unpaired) electrons. The highest BCUT2D eigenvalue weighted by molar-refractivity contribution is 5.54. The van der Waals surface area contributed by atoms with E-state index in [1.807, 2.05) is 0 Å². The van der Waals surface area contributed by atoms with Gasteiger partial charge in [0.25, 0.3) is 0 Å². The highest BCUT2D eigenvalue weighted by atomic mass is 15.1. The molecule has 0 bridgehead atoms. The first-order valence-corrected chi connectivity index (χ1v) is 5.37. The van der Waals surface area contributed by atoms with Crippen LogP contribution in [0, 0.1) is 0 Å². The number of hydrogen-bond donors (Lipinski definition) is 0. The van der Waals surface area contributed by atoms with E-state index in [4.69, 9.17) is 0 Å². The maximum atomic E-state index is 2.23. The molecule has 1 nitrogen and oxygen atoms in total. The molecular formula is C14H17N. The van der Waals surface area contributed by atoms with Gasteiger partial charge in [0.15, 0.2) is 0 Å². The Kier molecular flexibility index (Phi) is 2.91. The average Bonchev–Trinajstić information content (AvgIpc) is 2.71. The molecule has 0 amide bonds. The first-order valence-electron chi connectivity index (χ1n) is 5.37. The van der Waals surface area contributed by atoms with E-state index in [2.05, 4.69) is 61.5 Å². The summed E-state index contributed by atoms with van der Waals surface area (Å²) in [5, 5.41) is 0. The minimum absolute atomic E-state index is 1.07. The second kappa shape index (κ2) is 4.35. The van der Waals surface area contributed by atoms with Crippen LogP contribution in [0.4, 0.5) is 5.69 Å². The Morgan fingerprint density at radius 1 is 1.20 bits per heavy atom. The van der Waals surface area contributed by atoms with Crippen molar-refractivity contribution in [3.8, 4) is 0 Å². The van der Waals surface area contributed by atoms with E-state index in [1.54, 1.807) is 0 Å². The summed E-state index contributed by atoms with van der Waals surface area (Å²) >= 11 is 0. The van der Waals surface area contributed by atoms with Crippen molar-refractivity contribution in [1.82, 2.24) is 0 Å². The van der Waals surface area contributed by atoms with Gasteiger partial charge in [-0.15, -0.1) is 0 Å². The summed E-state index contributed by atoms with van der Waals surface area (Å²) in [6.45, 7) is 0. The van der Waals surface area contributed by atoms with Gasteiger partial charge < -0.3 is 4.90 Å². The molecule has 0 unspecified atom stereocenters. The molecule has 15 heavy (non-hydrogen) atoms. The molecule has 0 aliphatic heterocycles. The van der Waals surface area contributed by atoms with Crippen LogP contribution in [-0.2, 0) is 6.42 Å². The van der Waals surface area contributed by atoms with E-state index in [1.165, 1.54) is 16.8 Å². The van der Waals surface area contributed by atoms with Gasteiger partial charge in [0.1, 0.15) is 0 Å². The van der Waals surface area contributed by atoms with Crippen molar-refractivity contribution in [2.45, 2.75) is 12.8 Å². The summed E-state index contributed by atoms with van der Waals surface area (Å²) in [5.74, 6) is 0. The minimum atomic E-state index is 1.07. The number of nitrogens with zero attached hydrogens (tertiary/aromatic N) is 1. The van der Waals surface area contributed by atoms with E-state index < -0.39 is 0 Å². The van der Waals surface area contributed by atoms with Crippen LogP contribution in [0.15, 0.2) is 48.1 Å².